The van der Waals surface area contributed by atoms with Crippen LogP contribution in [0.25, 0.3) is 0 Å². The average molecular weight is 651 g/mol. The second kappa shape index (κ2) is 12.6. The van der Waals surface area contributed by atoms with Crippen LogP contribution in [0.4, 0.5) is 15.3 Å². The van der Waals surface area contributed by atoms with Gasteiger partial charge in [0.25, 0.3) is 0 Å². The van der Waals surface area contributed by atoms with Crippen molar-refractivity contribution < 1.29 is 23.8 Å². The van der Waals surface area contributed by atoms with Crippen molar-refractivity contribution in [3.63, 3.8) is 0 Å². The van der Waals surface area contributed by atoms with Crippen LogP contribution in [0.3, 0.4) is 0 Å². The number of nitrogens with zero attached hydrogens (tertiary/aromatic N) is 2. The van der Waals surface area contributed by atoms with Gasteiger partial charge in [-0.2, -0.15) is 0 Å². The van der Waals surface area contributed by atoms with Gasteiger partial charge in [-0.05, 0) is 91.3 Å². The molecule has 0 atom stereocenters. The smallest absolute Gasteiger partial charge is 0.410 e. The van der Waals surface area contributed by atoms with Crippen molar-refractivity contribution in [1.29, 1.82) is 0 Å². The number of nitrogens with one attached hydrogen (secondary N) is 1. The first-order valence-electron chi connectivity index (χ1n) is 12.5. The Morgan fingerprint density at radius 3 is 2.48 bits per heavy atom. The van der Waals surface area contributed by atoms with E-state index in [1.807, 2.05) is 20.8 Å². The van der Waals surface area contributed by atoms with Gasteiger partial charge in [-0.25, -0.2) is 9.59 Å². The Hall–Kier alpha value is -3.14. The highest BCUT2D eigenvalue weighted by atomic mass is 79.9. The molecule has 0 fully saturated rings. The van der Waals surface area contributed by atoms with E-state index in [-0.39, 0.29) is 19.1 Å². The summed E-state index contributed by atoms with van der Waals surface area (Å²) in [5.41, 5.74) is 1.39. The van der Waals surface area contributed by atoms with E-state index in [1.165, 1.54) is 4.90 Å². The van der Waals surface area contributed by atoms with E-state index in [0.29, 0.717) is 50.6 Å². The fraction of sp³-hybridized carbons (Fsp3) is 0.310. The normalized spacial score (nSPS) is 13.0. The third kappa shape index (κ3) is 7.96. The van der Waals surface area contributed by atoms with Crippen molar-refractivity contribution in [2.24, 2.45) is 0 Å². The predicted molar refractivity (Wildman–Crippen MR) is 160 cm³/mol. The summed E-state index contributed by atoms with van der Waals surface area (Å²) in [5.74, 6) is 1.80. The number of hydrogen-bond donors (Lipinski definition) is 1. The van der Waals surface area contributed by atoms with E-state index in [0.717, 1.165) is 11.1 Å². The maximum atomic E-state index is 13.2. The molecule has 0 aliphatic carbocycles. The Bertz CT molecular complexity index is 1400. The molecular weight excluding hydrogens is 621 g/mol. The van der Waals surface area contributed by atoms with Gasteiger partial charge < -0.3 is 29.3 Å². The van der Waals surface area contributed by atoms with Crippen LogP contribution in [0, 0.1) is 0 Å². The van der Waals surface area contributed by atoms with Crippen LogP contribution >= 0.6 is 39.1 Å². The standard InChI is InChI=1S/C29H30BrCl2N3O5/c1-29(2,3)40-28(37)35-11-12-38-26-19(17-35)14-22(15-24(26)30)33-27(36)34(4)16-18-13-21(32)7-10-25(18)39-23-8-5-20(31)6-9-23/h5-10,13-15H,11-12,16-17H2,1-4H3,(H,33,36). The van der Waals surface area contributed by atoms with Crippen LogP contribution in [0.5, 0.6) is 17.2 Å². The topological polar surface area (TPSA) is 80.3 Å². The molecule has 8 nitrogen and oxygen atoms in total. The SMILES string of the molecule is CN(Cc1cc(Cl)ccc1Oc1ccc(Cl)cc1)C(=O)Nc1cc(Br)c2c(c1)CN(C(=O)OC(C)(C)C)CCO2. The number of fused-ring (bicyclic) bond motifs is 1. The molecule has 0 bridgehead atoms. The van der Waals surface area contributed by atoms with Crippen LogP contribution in [0.15, 0.2) is 59.1 Å². The van der Waals surface area contributed by atoms with Crippen molar-refractivity contribution in [1.82, 2.24) is 9.80 Å². The third-order valence-corrected chi connectivity index (χ3v) is 6.89. The summed E-state index contributed by atoms with van der Waals surface area (Å²) in [6.45, 7) is 6.67. The van der Waals surface area contributed by atoms with E-state index < -0.39 is 11.7 Å². The van der Waals surface area contributed by atoms with Crippen LogP contribution in [0.2, 0.25) is 10.0 Å². The van der Waals surface area contributed by atoms with Gasteiger partial charge in [-0.3, -0.25) is 0 Å². The first-order chi connectivity index (χ1) is 18.9. The van der Waals surface area contributed by atoms with Gasteiger partial charge in [-0.1, -0.05) is 23.2 Å². The molecule has 40 heavy (non-hydrogen) atoms. The quantitative estimate of drug-likeness (QED) is 0.300. The summed E-state index contributed by atoms with van der Waals surface area (Å²) >= 11 is 15.8. The van der Waals surface area contributed by atoms with Gasteiger partial charge in [0, 0.05) is 33.9 Å². The van der Waals surface area contributed by atoms with Crippen molar-refractivity contribution in [2.75, 3.05) is 25.5 Å². The van der Waals surface area contributed by atoms with E-state index in [1.54, 1.807) is 66.5 Å². The second-order valence-corrected chi connectivity index (χ2v) is 12.0. The number of benzene rings is 3. The van der Waals surface area contributed by atoms with Gasteiger partial charge in [-0.15, -0.1) is 0 Å². The molecular formula is C29H30BrCl2N3O5. The lowest BCUT2D eigenvalue weighted by atomic mass is 10.1. The summed E-state index contributed by atoms with van der Waals surface area (Å²) in [7, 11) is 1.67. The zero-order valence-electron chi connectivity index (χ0n) is 22.6. The molecule has 3 amide bonds. The lowest BCUT2D eigenvalue weighted by molar-refractivity contribution is 0.0225. The molecule has 3 aromatic rings. The van der Waals surface area contributed by atoms with Gasteiger partial charge in [0.2, 0.25) is 0 Å². The minimum absolute atomic E-state index is 0.233. The van der Waals surface area contributed by atoms with E-state index in [2.05, 4.69) is 21.2 Å². The summed E-state index contributed by atoms with van der Waals surface area (Å²) in [5, 5.41) is 4.05. The Kier molecular flexibility index (Phi) is 9.38. The molecule has 1 N–H and O–H groups in total. The molecule has 212 valence electrons. The first kappa shape index (κ1) is 29.8. The van der Waals surface area contributed by atoms with Gasteiger partial charge in [0.15, 0.2) is 0 Å². The highest BCUT2D eigenvalue weighted by Crippen LogP contribution is 2.36. The van der Waals surface area contributed by atoms with Crippen molar-refractivity contribution >= 4 is 56.9 Å². The number of urea groups is 1. The number of anilines is 1. The molecule has 0 saturated carbocycles. The van der Waals surface area contributed by atoms with Gasteiger partial charge >= 0.3 is 12.1 Å². The largest absolute Gasteiger partial charge is 0.490 e. The van der Waals surface area contributed by atoms with Crippen molar-refractivity contribution in [3.05, 3.63) is 80.2 Å². The van der Waals surface area contributed by atoms with E-state index >= 15 is 0 Å². The van der Waals surface area contributed by atoms with Gasteiger partial charge in [0.05, 0.1) is 24.1 Å². The summed E-state index contributed by atoms with van der Waals surface area (Å²) in [6.07, 6.45) is -0.424. The monoisotopic (exact) mass is 649 g/mol. The second-order valence-electron chi connectivity index (χ2n) is 10.3. The Balaban J connectivity index is 1.48. The fourth-order valence-corrected chi connectivity index (χ4v) is 4.91. The minimum Gasteiger partial charge on any atom is -0.490 e. The molecule has 0 radical (unpaired) electrons. The van der Waals surface area contributed by atoms with E-state index in [9.17, 15) is 9.59 Å². The van der Waals surface area contributed by atoms with E-state index in [4.69, 9.17) is 37.4 Å². The van der Waals surface area contributed by atoms with Crippen LogP contribution in [-0.2, 0) is 17.8 Å². The number of rotatable bonds is 5. The molecule has 1 aliphatic rings. The maximum Gasteiger partial charge on any atom is 0.410 e. The predicted octanol–water partition coefficient (Wildman–Crippen LogP) is 8.34. The Morgan fingerprint density at radius 2 is 1.77 bits per heavy atom. The van der Waals surface area contributed by atoms with Crippen LogP contribution in [-0.4, -0.2) is 47.7 Å². The molecule has 11 heteroatoms. The number of halogens is 3. The highest BCUT2D eigenvalue weighted by molar-refractivity contribution is 9.10. The maximum absolute atomic E-state index is 13.2. The number of amides is 3. The molecule has 1 heterocycles. The van der Waals surface area contributed by atoms with Crippen molar-refractivity contribution in [3.8, 4) is 17.2 Å². The number of carbonyl (C=O) groups is 2. The molecule has 4 rings (SSSR count). The molecule has 3 aromatic carbocycles. The van der Waals surface area contributed by atoms with Crippen molar-refractivity contribution in [2.45, 2.75) is 39.5 Å². The number of hydrogen-bond acceptors (Lipinski definition) is 5. The molecule has 0 aromatic heterocycles. The molecule has 0 spiro atoms. The van der Waals surface area contributed by atoms with Gasteiger partial charge in [0.1, 0.15) is 29.5 Å². The third-order valence-electron chi connectivity index (χ3n) is 5.81. The summed E-state index contributed by atoms with van der Waals surface area (Å²) in [4.78, 5) is 29.0. The number of carbonyl (C=O) groups excluding carboxylic acids is 2. The highest BCUT2D eigenvalue weighted by Gasteiger charge is 2.26. The minimum atomic E-state index is -0.614. The lowest BCUT2D eigenvalue weighted by Crippen LogP contribution is -2.37. The lowest BCUT2D eigenvalue weighted by Gasteiger charge is -2.26. The number of ether oxygens (including phenoxy) is 3. The molecule has 0 saturated heterocycles. The zero-order valence-corrected chi connectivity index (χ0v) is 25.7. The Morgan fingerprint density at radius 1 is 1.07 bits per heavy atom. The Labute approximate surface area is 252 Å². The zero-order chi connectivity index (χ0) is 29.0. The molecule has 0 unspecified atom stereocenters. The van der Waals surface area contributed by atoms with Crippen LogP contribution < -0.4 is 14.8 Å². The summed E-state index contributed by atoms with van der Waals surface area (Å²) < 4.78 is 18.1. The molecule has 1 aliphatic heterocycles. The summed E-state index contributed by atoms with van der Waals surface area (Å²) in [6, 6.07) is 15.5. The van der Waals surface area contributed by atoms with Crippen LogP contribution in [0.1, 0.15) is 31.9 Å². The average Bonchev–Trinajstić information content (AvgIpc) is 3.09. The fourth-order valence-electron chi connectivity index (χ4n) is 3.97. The first-order valence-corrected chi connectivity index (χ1v) is 14.1.